The monoisotopic (exact) mass is 215 g/mol. The Kier molecular flexibility index (Phi) is 1.97. The van der Waals surface area contributed by atoms with Gasteiger partial charge in [0.2, 0.25) is 11.2 Å². The van der Waals surface area contributed by atoms with Gasteiger partial charge >= 0.3 is 6.16 Å². The molecule has 1 aromatic rings. The first-order valence-corrected chi connectivity index (χ1v) is 4.06. The number of fused-ring (bicyclic) bond motifs is 2. The molecule has 0 aromatic carbocycles. The Balaban J connectivity index is 2.75. The van der Waals surface area contributed by atoms with Crippen LogP contribution in [0.1, 0.15) is 5.69 Å². The van der Waals surface area contributed by atoms with E-state index in [4.69, 9.17) is 5.11 Å². The second-order valence-corrected chi connectivity index (χ2v) is 3.03. The van der Waals surface area contributed by atoms with Crippen LogP contribution in [0.4, 0.5) is 4.79 Å². The second kappa shape index (κ2) is 3.03. The molecular weight excluding hydrogens is 210 g/mol. The van der Waals surface area contributed by atoms with Gasteiger partial charge in [-0.2, -0.15) is 4.73 Å². The molecular formula is C7H5NO5S. The normalized spacial score (nSPS) is 13.4. The van der Waals surface area contributed by atoms with Gasteiger partial charge in [-0.05, 0) is 0 Å². The zero-order valence-corrected chi connectivity index (χ0v) is 7.65. The first-order valence-electron chi connectivity index (χ1n) is 3.62. The Morgan fingerprint density at radius 3 is 2.86 bits per heavy atom. The quantitative estimate of drug-likeness (QED) is 0.491. The fraction of sp³-hybridized carbons (Fsp3) is 0.143. The van der Waals surface area contributed by atoms with Gasteiger partial charge in [-0.25, -0.2) is 4.79 Å². The number of aliphatic hydroxyl groups is 1. The van der Waals surface area contributed by atoms with E-state index >= 15 is 0 Å². The summed E-state index contributed by atoms with van der Waals surface area (Å²) in [6.07, 6.45) is 0.184. The van der Waals surface area contributed by atoms with Crippen molar-refractivity contribution in [3.63, 3.8) is 0 Å². The minimum atomic E-state index is -1.01. The number of carbonyl (C=O) groups is 1. The lowest BCUT2D eigenvalue weighted by Crippen LogP contribution is -2.35. The van der Waals surface area contributed by atoms with Gasteiger partial charge in [-0.15, -0.1) is 12.6 Å². The molecule has 0 radical (unpaired) electrons. The van der Waals surface area contributed by atoms with Crippen molar-refractivity contribution in [3.8, 4) is 5.75 Å². The van der Waals surface area contributed by atoms with Crippen molar-refractivity contribution in [1.82, 2.24) is 4.73 Å². The highest BCUT2D eigenvalue weighted by Crippen LogP contribution is 2.19. The van der Waals surface area contributed by atoms with Gasteiger partial charge in [-0.1, -0.05) is 0 Å². The van der Waals surface area contributed by atoms with Gasteiger partial charge in [0.1, 0.15) is 5.69 Å². The number of nitrogens with zero attached hydrogens (tertiary/aromatic N) is 1. The summed E-state index contributed by atoms with van der Waals surface area (Å²) in [6.45, 7) is -0.466. The highest BCUT2D eigenvalue weighted by atomic mass is 32.1. The maximum atomic E-state index is 11.4. The predicted molar refractivity (Wildman–Crippen MR) is 46.5 cm³/mol. The lowest BCUT2D eigenvalue weighted by molar-refractivity contribution is 0.0586. The molecule has 1 aromatic heterocycles. The van der Waals surface area contributed by atoms with Crippen LogP contribution < -0.4 is 15.0 Å². The van der Waals surface area contributed by atoms with E-state index in [-0.39, 0.29) is 16.3 Å². The van der Waals surface area contributed by atoms with E-state index in [9.17, 15) is 9.59 Å². The molecule has 0 spiro atoms. The van der Waals surface area contributed by atoms with Crippen molar-refractivity contribution < 1.29 is 19.5 Å². The van der Waals surface area contributed by atoms with Crippen LogP contribution in [-0.2, 0) is 6.61 Å². The number of aliphatic hydroxyl groups excluding tert-OH is 1. The van der Waals surface area contributed by atoms with Crippen molar-refractivity contribution in [1.29, 1.82) is 0 Å². The third kappa shape index (κ3) is 1.17. The molecule has 0 saturated carbocycles. The van der Waals surface area contributed by atoms with Crippen LogP contribution in [0.3, 0.4) is 0 Å². The summed E-state index contributed by atoms with van der Waals surface area (Å²) in [7, 11) is 0. The summed E-state index contributed by atoms with van der Waals surface area (Å²) >= 11 is 3.85. The molecule has 0 atom stereocenters. The summed E-state index contributed by atoms with van der Waals surface area (Å²) < 4.78 is 5.48. The summed E-state index contributed by atoms with van der Waals surface area (Å²) in [5, 5.41) is 8.91. The maximum Gasteiger partial charge on any atom is 0.539 e. The third-order valence-electron chi connectivity index (χ3n) is 1.71. The summed E-state index contributed by atoms with van der Waals surface area (Å²) in [6, 6.07) is 0. The average molecular weight is 215 g/mol. The molecule has 0 fully saturated rings. The minimum Gasteiger partial charge on any atom is -0.390 e. The highest BCUT2D eigenvalue weighted by molar-refractivity contribution is 7.80. The fourth-order valence-corrected chi connectivity index (χ4v) is 1.31. The molecule has 6 nitrogen and oxygen atoms in total. The largest absolute Gasteiger partial charge is 0.539 e. The highest BCUT2D eigenvalue weighted by Gasteiger charge is 2.26. The molecule has 1 N–H and O–H groups in total. The van der Waals surface area contributed by atoms with E-state index in [1.165, 1.54) is 6.20 Å². The number of hydrogen-bond donors (Lipinski definition) is 2. The van der Waals surface area contributed by atoms with Crippen molar-refractivity contribution in [2.45, 2.75) is 11.5 Å². The topological polar surface area (TPSA) is 77.8 Å². The van der Waals surface area contributed by atoms with Crippen LogP contribution in [0.25, 0.3) is 0 Å². The maximum absolute atomic E-state index is 11.4. The summed E-state index contributed by atoms with van der Waals surface area (Å²) in [5.41, 5.74) is -0.460. The van der Waals surface area contributed by atoms with E-state index in [1.807, 2.05) is 0 Å². The summed E-state index contributed by atoms with van der Waals surface area (Å²) in [5.74, 6) is -0.240. The smallest absolute Gasteiger partial charge is 0.390 e. The van der Waals surface area contributed by atoms with E-state index in [0.717, 1.165) is 4.73 Å². The second-order valence-electron chi connectivity index (χ2n) is 2.55. The molecule has 0 amide bonds. The number of pyridine rings is 1. The van der Waals surface area contributed by atoms with Gasteiger partial charge in [0.05, 0.1) is 17.7 Å². The Labute approximate surface area is 83.0 Å². The number of thiol groups is 1. The molecule has 7 heteroatoms. The van der Waals surface area contributed by atoms with Gasteiger partial charge in [0.15, 0.2) is 0 Å². The van der Waals surface area contributed by atoms with Crippen molar-refractivity contribution in [3.05, 3.63) is 22.1 Å². The van der Waals surface area contributed by atoms with Gasteiger partial charge in [-0.3, -0.25) is 4.79 Å². The standard InChI is InChI=1S/C7H5NO5S/c9-2-3-6-5(10)4(14)1-8(3)13-7(11)12-6/h1,9,14H,2H2. The van der Waals surface area contributed by atoms with Gasteiger partial charge in [0.25, 0.3) is 0 Å². The van der Waals surface area contributed by atoms with Crippen LogP contribution in [0, 0.1) is 0 Å². The first kappa shape index (κ1) is 9.10. The number of carbonyl (C=O) groups excluding carboxylic acids is 1. The number of aromatic nitrogens is 1. The SMILES string of the molecule is O=C1Oc2c(CO)n(cc(S)c2=O)O1. The van der Waals surface area contributed by atoms with E-state index < -0.39 is 18.2 Å². The lowest BCUT2D eigenvalue weighted by atomic mass is 10.3. The van der Waals surface area contributed by atoms with Crippen LogP contribution in [-0.4, -0.2) is 16.0 Å². The van der Waals surface area contributed by atoms with Gasteiger partial charge in [0, 0.05) is 0 Å². The van der Waals surface area contributed by atoms with E-state index in [0.29, 0.717) is 0 Å². The molecule has 2 bridgehead atoms. The molecule has 74 valence electrons. The summed E-state index contributed by atoms with van der Waals surface area (Å²) in [4.78, 5) is 26.8. The Morgan fingerprint density at radius 2 is 2.21 bits per heavy atom. The van der Waals surface area contributed by atoms with Crippen LogP contribution >= 0.6 is 12.6 Å². The third-order valence-corrected chi connectivity index (χ3v) is 2.03. The minimum absolute atomic E-state index is 0.0738. The molecule has 1 aliphatic heterocycles. The van der Waals surface area contributed by atoms with E-state index in [1.54, 1.807) is 0 Å². The van der Waals surface area contributed by atoms with Gasteiger partial charge < -0.3 is 14.7 Å². The molecule has 2 heterocycles. The lowest BCUT2D eigenvalue weighted by Gasteiger charge is -2.19. The van der Waals surface area contributed by atoms with Crippen LogP contribution in [0.5, 0.6) is 5.75 Å². The number of ether oxygens (including phenoxy) is 1. The molecule has 0 saturated heterocycles. The van der Waals surface area contributed by atoms with Crippen LogP contribution in [0.2, 0.25) is 0 Å². The molecule has 0 unspecified atom stereocenters. The molecule has 0 aliphatic carbocycles. The first-order chi connectivity index (χ1) is 6.63. The molecule has 14 heavy (non-hydrogen) atoms. The Hall–Kier alpha value is -1.47. The number of rotatable bonds is 1. The fourth-order valence-electron chi connectivity index (χ4n) is 1.11. The van der Waals surface area contributed by atoms with Crippen LogP contribution in [0.15, 0.2) is 15.9 Å². The van der Waals surface area contributed by atoms with Crippen molar-refractivity contribution in [2.75, 3.05) is 0 Å². The van der Waals surface area contributed by atoms with E-state index in [2.05, 4.69) is 22.2 Å². The Bertz CT molecular complexity index is 466. The molecule has 1 aliphatic rings. The average Bonchev–Trinajstić information content (AvgIpc) is 2.14. The Morgan fingerprint density at radius 1 is 1.50 bits per heavy atom. The molecule has 2 rings (SSSR count). The number of hydrogen-bond acceptors (Lipinski definition) is 6. The van der Waals surface area contributed by atoms with Crippen molar-refractivity contribution in [2.24, 2.45) is 0 Å². The zero-order chi connectivity index (χ0) is 10.3. The zero-order valence-electron chi connectivity index (χ0n) is 6.76. The predicted octanol–water partition coefficient (Wildman–Crippen LogP) is -0.430. The van der Waals surface area contributed by atoms with Crippen molar-refractivity contribution >= 4 is 18.8 Å².